The second kappa shape index (κ2) is 8.15. The van der Waals surface area contributed by atoms with Crippen LogP contribution < -0.4 is 4.74 Å². The van der Waals surface area contributed by atoms with Crippen molar-refractivity contribution in [1.29, 1.82) is 0 Å². The molecule has 1 aromatic carbocycles. The Bertz CT molecular complexity index is 592. The third-order valence-corrected chi connectivity index (χ3v) is 5.08. The molecule has 2 fully saturated rings. The normalized spacial score (nSPS) is 24.5. The fraction of sp³-hybridized carbons (Fsp3) is 0.632. The molecule has 2 heterocycles. The van der Waals surface area contributed by atoms with Crippen molar-refractivity contribution in [2.75, 3.05) is 39.3 Å². The lowest BCUT2D eigenvalue weighted by Gasteiger charge is -2.27. The molecule has 1 aromatic rings. The summed E-state index contributed by atoms with van der Waals surface area (Å²) in [7, 11) is 0. The quantitative estimate of drug-likeness (QED) is 0.853. The summed E-state index contributed by atoms with van der Waals surface area (Å²) in [5.74, 6) is 0.112. The monoisotopic (exact) mass is 350 g/mol. The van der Waals surface area contributed by atoms with Crippen LogP contribution in [0.2, 0.25) is 0 Å². The fourth-order valence-corrected chi connectivity index (χ4v) is 3.56. The van der Waals surface area contributed by atoms with Crippen LogP contribution >= 0.6 is 0 Å². The standard InChI is InChI=1S/C19H27FN2O3/c20-16-5-4-6-17(13-16)25-15-19(24)8-12-22(14-19)18(23)7-11-21-9-2-1-3-10-21/h4-6,13,24H,1-3,7-12,14-15H2/t19-/m1/s1. The van der Waals surface area contributed by atoms with E-state index in [9.17, 15) is 14.3 Å². The Kier molecular flexibility index (Phi) is 5.91. The number of likely N-dealkylation sites (tertiary alicyclic amines) is 2. The van der Waals surface area contributed by atoms with E-state index in [0.717, 1.165) is 19.6 Å². The molecule has 2 aliphatic rings. The molecule has 1 amide bonds. The lowest BCUT2D eigenvalue weighted by Crippen LogP contribution is -2.41. The second-order valence-electron chi connectivity index (χ2n) is 7.19. The Hall–Kier alpha value is -1.66. The van der Waals surface area contributed by atoms with Crippen LogP contribution in [0, 0.1) is 5.82 Å². The molecular weight excluding hydrogens is 323 g/mol. The van der Waals surface area contributed by atoms with Crippen LogP contribution in [-0.2, 0) is 4.79 Å². The van der Waals surface area contributed by atoms with Crippen LogP contribution in [-0.4, -0.2) is 65.7 Å². The van der Waals surface area contributed by atoms with Crippen LogP contribution in [0.4, 0.5) is 4.39 Å². The van der Waals surface area contributed by atoms with E-state index in [1.165, 1.54) is 31.4 Å². The third kappa shape index (κ3) is 5.16. The van der Waals surface area contributed by atoms with Crippen molar-refractivity contribution in [3.8, 4) is 5.75 Å². The van der Waals surface area contributed by atoms with Crippen molar-refractivity contribution in [3.63, 3.8) is 0 Å². The second-order valence-corrected chi connectivity index (χ2v) is 7.19. The Labute approximate surface area is 148 Å². The first-order valence-electron chi connectivity index (χ1n) is 9.15. The van der Waals surface area contributed by atoms with Gasteiger partial charge in [-0.2, -0.15) is 0 Å². The van der Waals surface area contributed by atoms with Gasteiger partial charge in [-0.3, -0.25) is 4.79 Å². The molecule has 0 saturated carbocycles. The lowest BCUT2D eigenvalue weighted by atomic mass is 10.1. The number of nitrogens with zero attached hydrogens (tertiary/aromatic N) is 2. The number of aliphatic hydroxyl groups is 1. The van der Waals surface area contributed by atoms with Crippen LogP contribution in [0.25, 0.3) is 0 Å². The predicted octanol–water partition coefficient (Wildman–Crippen LogP) is 2.04. The van der Waals surface area contributed by atoms with Gasteiger partial charge in [0.2, 0.25) is 5.91 Å². The van der Waals surface area contributed by atoms with Crippen molar-refractivity contribution < 1.29 is 19.0 Å². The van der Waals surface area contributed by atoms with E-state index in [2.05, 4.69) is 4.90 Å². The van der Waals surface area contributed by atoms with Gasteiger partial charge in [0, 0.05) is 25.6 Å². The summed E-state index contributed by atoms with van der Waals surface area (Å²) in [5.41, 5.74) is -1.06. The van der Waals surface area contributed by atoms with E-state index in [1.54, 1.807) is 17.0 Å². The first-order valence-corrected chi connectivity index (χ1v) is 9.15. The van der Waals surface area contributed by atoms with Crippen molar-refractivity contribution in [1.82, 2.24) is 9.80 Å². The first kappa shape index (κ1) is 18.1. The topological polar surface area (TPSA) is 53.0 Å². The number of ether oxygens (including phenoxy) is 1. The molecule has 5 nitrogen and oxygen atoms in total. The largest absolute Gasteiger partial charge is 0.490 e. The molecule has 0 spiro atoms. The van der Waals surface area contributed by atoms with Crippen molar-refractivity contribution in [2.24, 2.45) is 0 Å². The molecule has 1 N–H and O–H groups in total. The zero-order valence-electron chi connectivity index (χ0n) is 14.6. The Balaban J connectivity index is 1.44. The summed E-state index contributed by atoms with van der Waals surface area (Å²) in [5, 5.41) is 10.6. The first-order chi connectivity index (χ1) is 12.0. The number of carbonyl (C=O) groups excluding carboxylic acids is 1. The van der Waals surface area contributed by atoms with Gasteiger partial charge in [-0.1, -0.05) is 12.5 Å². The maximum atomic E-state index is 13.2. The smallest absolute Gasteiger partial charge is 0.223 e. The van der Waals surface area contributed by atoms with Crippen molar-refractivity contribution in [3.05, 3.63) is 30.1 Å². The molecule has 1 atom stereocenters. The van der Waals surface area contributed by atoms with Gasteiger partial charge < -0.3 is 19.6 Å². The number of hydrogen-bond donors (Lipinski definition) is 1. The van der Waals surface area contributed by atoms with Gasteiger partial charge in [-0.15, -0.1) is 0 Å². The average Bonchev–Trinajstić information content (AvgIpc) is 3.02. The highest BCUT2D eigenvalue weighted by molar-refractivity contribution is 5.76. The number of amides is 1. The molecule has 0 aliphatic carbocycles. The number of piperidine rings is 1. The lowest BCUT2D eigenvalue weighted by molar-refractivity contribution is -0.131. The van der Waals surface area contributed by atoms with Crippen LogP contribution in [0.1, 0.15) is 32.1 Å². The van der Waals surface area contributed by atoms with Gasteiger partial charge in [-0.25, -0.2) is 4.39 Å². The molecule has 0 bridgehead atoms. The fourth-order valence-electron chi connectivity index (χ4n) is 3.56. The van der Waals surface area contributed by atoms with Gasteiger partial charge in [-0.05, 0) is 44.5 Å². The highest BCUT2D eigenvalue weighted by atomic mass is 19.1. The molecule has 3 rings (SSSR count). The Morgan fingerprint density at radius 3 is 2.80 bits per heavy atom. The third-order valence-electron chi connectivity index (χ3n) is 5.08. The number of halogens is 1. The molecule has 0 aromatic heterocycles. The van der Waals surface area contributed by atoms with Gasteiger partial charge >= 0.3 is 0 Å². The van der Waals surface area contributed by atoms with E-state index in [1.807, 2.05) is 0 Å². The van der Waals surface area contributed by atoms with E-state index in [0.29, 0.717) is 25.1 Å². The molecule has 6 heteroatoms. The summed E-state index contributed by atoms with van der Waals surface area (Å²) in [6.45, 7) is 3.85. The minimum atomic E-state index is -1.06. The summed E-state index contributed by atoms with van der Waals surface area (Å²) in [6, 6.07) is 5.86. The van der Waals surface area contributed by atoms with Gasteiger partial charge in [0.1, 0.15) is 23.8 Å². The zero-order chi connectivity index (χ0) is 17.7. The number of hydrogen-bond acceptors (Lipinski definition) is 4. The predicted molar refractivity (Wildman–Crippen MR) is 92.9 cm³/mol. The number of β-amino-alcohol motifs (C(OH)–C–C–N with tert-alkyl or cyclic N) is 1. The molecule has 25 heavy (non-hydrogen) atoms. The number of benzene rings is 1. The molecule has 0 unspecified atom stereocenters. The van der Waals surface area contributed by atoms with E-state index in [4.69, 9.17) is 4.74 Å². The average molecular weight is 350 g/mol. The maximum absolute atomic E-state index is 13.2. The summed E-state index contributed by atoms with van der Waals surface area (Å²) in [6.07, 6.45) is 4.71. The van der Waals surface area contributed by atoms with Gasteiger partial charge in [0.25, 0.3) is 0 Å². The Morgan fingerprint density at radius 2 is 2.04 bits per heavy atom. The number of rotatable bonds is 6. The van der Waals surface area contributed by atoms with Crippen LogP contribution in [0.3, 0.4) is 0 Å². The SMILES string of the molecule is O=C(CCN1CCCCC1)N1CC[C@](O)(COc2cccc(F)c2)C1. The number of carbonyl (C=O) groups is 1. The molecule has 2 saturated heterocycles. The molecule has 0 radical (unpaired) electrons. The van der Waals surface area contributed by atoms with E-state index >= 15 is 0 Å². The Morgan fingerprint density at radius 1 is 1.24 bits per heavy atom. The maximum Gasteiger partial charge on any atom is 0.223 e. The van der Waals surface area contributed by atoms with Crippen LogP contribution in [0.15, 0.2) is 24.3 Å². The van der Waals surface area contributed by atoms with Crippen molar-refractivity contribution in [2.45, 2.75) is 37.7 Å². The molecule has 2 aliphatic heterocycles. The highest BCUT2D eigenvalue weighted by Gasteiger charge is 2.38. The highest BCUT2D eigenvalue weighted by Crippen LogP contribution is 2.24. The van der Waals surface area contributed by atoms with Gasteiger partial charge in [0.05, 0.1) is 6.54 Å². The summed E-state index contributed by atoms with van der Waals surface area (Å²) in [4.78, 5) is 16.5. The summed E-state index contributed by atoms with van der Waals surface area (Å²) < 4.78 is 18.7. The summed E-state index contributed by atoms with van der Waals surface area (Å²) >= 11 is 0. The zero-order valence-corrected chi connectivity index (χ0v) is 14.6. The van der Waals surface area contributed by atoms with E-state index in [-0.39, 0.29) is 24.9 Å². The van der Waals surface area contributed by atoms with Gasteiger partial charge in [0.15, 0.2) is 0 Å². The minimum absolute atomic E-state index is 0.0619. The minimum Gasteiger partial charge on any atom is -0.490 e. The molecule has 138 valence electrons. The molecular formula is C19H27FN2O3. The van der Waals surface area contributed by atoms with Crippen LogP contribution in [0.5, 0.6) is 5.75 Å². The van der Waals surface area contributed by atoms with Crippen molar-refractivity contribution >= 4 is 5.91 Å². The van der Waals surface area contributed by atoms with E-state index < -0.39 is 5.60 Å².